The number of terminal acetylenes is 1. The van der Waals surface area contributed by atoms with Gasteiger partial charge in [-0.1, -0.05) is 24.4 Å². The monoisotopic (exact) mass is 272 g/mol. The van der Waals surface area contributed by atoms with Crippen LogP contribution in [0, 0.1) is 12.3 Å². The predicted octanol–water partition coefficient (Wildman–Crippen LogP) is 1.77. The molecule has 0 saturated heterocycles. The number of halogens is 1. The Labute approximate surface area is 107 Å². The molecule has 0 radical (unpaired) electrons. The van der Waals surface area contributed by atoms with Crippen molar-refractivity contribution in [1.82, 2.24) is 9.29 Å². The van der Waals surface area contributed by atoms with Gasteiger partial charge in [-0.15, -0.1) is 6.42 Å². The number of hydrogen-bond donors (Lipinski definition) is 0. The Balaban J connectivity index is 3.18. The van der Waals surface area contributed by atoms with E-state index in [1.54, 1.807) is 0 Å². The van der Waals surface area contributed by atoms with Crippen LogP contribution in [0.4, 0.5) is 0 Å². The second-order valence-corrected chi connectivity index (χ2v) is 5.60. The highest BCUT2D eigenvalue weighted by Gasteiger charge is 2.25. The Morgan fingerprint density at radius 1 is 1.59 bits per heavy atom. The van der Waals surface area contributed by atoms with Crippen molar-refractivity contribution in [2.45, 2.75) is 18.2 Å². The van der Waals surface area contributed by atoms with Gasteiger partial charge in [0.25, 0.3) is 0 Å². The van der Waals surface area contributed by atoms with Gasteiger partial charge < -0.3 is 0 Å². The standard InChI is InChI=1S/C11H13ClN2O2S/c1-3-8-14(9-4-2)17(15,16)10-6-5-7-13-11(10)12/h1,5-7H,4,8-9H2,2H3. The second kappa shape index (κ2) is 6.01. The number of pyridine rings is 1. The molecule has 0 aromatic carbocycles. The fourth-order valence-corrected chi connectivity index (χ4v) is 3.21. The van der Waals surface area contributed by atoms with Crippen LogP contribution in [0.1, 0.15) is 13.3 Å². The summed E-state index contributed by atoms with van der Waals surface area (Å²) in [5.74, 6) is 2.33. The van der Waals surface area contributed by atoms with E-state index in [2.05, 4.69) is 10.9 Å². The van der Waals surface area contributed by atoms with Crippen LogP contribution in [0.15, 0.2) is 23.2 Å². The van der Waals surface area contributed by atoms with Crippen LogP contribution in [-0.2, 0) is 10.0 Å². The van der Waals surface area contributed by atoms with Crippen LogP contribution >= 0.6 is 11.6 Å². The van der Waals surface area contributed by atoms with E-state index in [1.807, 2.05) is 6.92 Å². The number of aromatic nitrogens is 1. The fourth-order valence-electron chi connectivity index (χ4n) is 1.34. The minimum Gasteiger partial charge on any atom is -0.243 e. The molecule has 0 aliphatic carbocycles. The Kier molecular flexibility index (Phi) is 4.94. The van der Waals surface area contributed by atoms with Crippen LogP contribution in [0.5, 0.6) is 0 Å². The highest BCUT2D eigenvalue weighted by atomic mass is 35.5. The Morgan fingerprint density at radius 2 is 2.29 bits per heavy atom. The Hall–Kier alpha value is -1.09. The quantitative estimate of drug-likeness (QED) is 0.606. The van der Waals surface area contributed by atoms with Crippen molar-refractivity contribution in [1.29, 1.82) is 0 Å². The largest absolute Gasteiger partial charge is 0.247 e. The number of rotatable bonds is 5. The molecule has 0 N–H and O–H groups in total. The smallest absolute Gasteiger partial charge is 0.243 e. The maximum Gasteiger partial charge on any atom is 0.247 e. The van der Waals surface area contributed by atoms with Crippen molar-refractivity contribution in [3.8, 4) is 12.3 Å². The first-order valence-corrected chi connectivity index (χ1v) is 6.90. The van der Waals surface area contributed by atoms with E-state index in [0.29, 0.717) is 13.0 Å². The van der Waals surface area contributed by atoms with E-state index in [4.69, 9.17) is 18.0 Å². The van der Waals surface area contributed by atoms with Crippen LogP contribution in [0.25, 0.3) is 0 Å². The van der Waals surface area contributed by atoms with Crippen molar-refractivity contribution < 1.29 is 8.42 Å². The Morgan fingerprint density at radius 3 is 2.82 bits per heavy atom. The van der Waals surface area contributed by atoms with E-state index in [9.17, 15) is 8.42 Å². The summed E-state index contributed by atoms with van der Waals surface area (Å²) >= 11 is 5.78. The summed E-state index contributed by atoms with van der Waals surface area (Å²) in [6.07, 6.45) is 7.28. The van der Waals surface area contributed by atoms with Gasteiger partial charge in [0.05, 0.1) is 6.54 Å². The molecule has 0 spiro atoms. The van der Waals surface area contributed by atoms with Gasteiger partial charge in [-0.25, -0.2) is 13.4 Å². The average molecular weight is 273 g/mol. The van der Waals surface area contributed by atoms with Gasteiger partial charge in [0, 0.05) is 12.7 Å². The lowest BCUT2D eigenvalue weighted by Crippen LogP contribution is -2.32. The van der Waals surface area contributed by atoms with Crippen molar-refractivity contribution in [2.24, 2.45) is 0 Å². The molecule has 0 aliphatic heterocycles. The summed E-state index contributed by atoms with van der Waals surface area (Å²) in [5.41, 5.74) is 0. The molecule has 0 aliphatic rings. The van der Waals surface area contributed by atoms with Crippen molar-refractivity contribution >= 4 is 21.6 Å². The van der Waals surface area contributed by atoms with E-state index in [-0.39, 0.29) is 16.6 Å². The van der Waals surface area contributed by atoms with Gasteiger partial charge in [0.15, 0.2) is 0 Å². The highest BCUT2D eigenvalue weighted by Crippen LogP contribution is 2.22. The fraction of sp³-hybridized carbons (Fsp3) is 0.364. The lowest BCUT2D eigenvalue weighted by molar-refractivity contribution is 0.445. The van der Waals surface area contributed by atoms with Crippen molar-refractivity contribution in [2.75, 3.05) is 13.1 Å². The third-order valence-electron chi connectivity index (χ3n) is 2.08. The lowest BCUT2D eigenvalue weighted by atomic mass is 10.5. The van der Waals surface area contributed by atoms with Crippen molar-refractivity contribution in [3.63, 3.8) is 0 Å². The molecule has 1 aromatic rings. The zero-order valence-corrected chi connectivity index (χ0v) is 11.0. The van der Waals surface area contributed by atoms with Gasteiger partial charge in [0.2, 0.25) is 10.0 Å². The molecule has 1 heterocycles. The molecule has 4 nitrogen and oxygen atoms in total. The summed E-state index contributed by atoms with van der Waals surface area (Å²) in [4.78, 5) is 3.75. The molecular weight excluding hydrogens is 260 g/mol. The molecule has 0 unspecified atom stereocenters. The molecule has 17 heavy (non-hydrogen) atoms. The van der Waals surface area contributed by atoms with E-state index >= 15 is 0 Å². The molecule has 1 rings (SSSR count). The van der Waals surface area contributed by atoms with Crippen LogP contribution in [0.3, 0.4) is 0 Å². The normalized spacial score (nSPS) is 11.4. The maximum absolute atomic E-state index is 12.2. The summed E-state index contributed by atoms with van der Waals surface area (Å²) in [6.45, 7) is 2.27. The van der Waals surface area contributed by atoms with Gasteiger partial charge in [-0.3, -0.25) is 0 Å². The first-order chi connectivity index (χ1) is 8.04. The number of nitrogens with zero attached hydrogens (tertiary/aromatic N) is 2. The molecule has 92 valence electrons. The van der Waals surface area contributed by atoms with Gasteiger partial charge in [-0.05, 0) is 18.6 Å². The first-order valence-electron chi connectivity index (χ1n) is 5.08. The zero-order chi connectivity index (χ0) is 12.9. The van der Waals surface area contributed by atoms with Crippen LogP contribution in [0.2, 0.25) is 5.15 Å². The summed E-state index contributed by atoms with van der Waals surface area (Å²) in [7, 11) is -3.66. The molecule has 0 fully saturated rings. The third-order valence-corrected chi connectivity index (χ3v) is 4.37. The lowest BCUT2D eigenvalue weighted by Gasteiger charge is -2.19. The second-order valence-electron chi connectivity index (χ2n) is 3.34. The van der Waals surface area contributed by atoms with Crippen LogP contribution in [-0.4, -0.2) is 30.8 Å². The summed E-state index contributed by atoms with van der Waals surface area (Å²) in [6, 6.07) is 2.95. The molecule has 1 aromatic heterocycles. The average Bonchev–Trinajstić information content (AvgIpc) is 2.29. The minimum absolute atomic E-state index is 0.00892. The summed E-state index contributed by atoms with van der Waals surface area (Å²) < 4.78 is 25.7. The minimum atomic E-state index is -3.66. The van der Waals surface area contributed by atoms with E-state index in [0.717, 1.165) is 0 Å². The molecule has 0 bridgehead atoms. The SMILES string of the molecule is C#CCN(CCC)S(=O)(=O)c1cccnc1Cl. The predicted molar refractivity (Wildman–Crippen MR) is 67.1 cm³/mol. The van der Waals surface area contributed by atoms with E-state index in [1.165, 1.54) is 22.6 Å². The third kappa shape index (κ3) is 3.19. The molecular formula is C11H13ClN2O2S. The van der Waals surface area contributed by atoms with Gasteiger partial charge in [-0.2, -0.15) is 4.31 Å². The molecule has 6 heteroatoms. The topological polar surface area (TPSA) is 50.3 Å². The molecule has 0 saturated carbocycles. The summed E-state index contributed by atoms with van der Waals surface area (Å²) in [5, 5.41) is -0.0365. The Bertz CT molecular complexity index is 523. The highest BCUT2D eigenvalue weighted by molar-refractivity contribution is 7.89. The van der Waals surface area contributed by atoms with Crippen molar-refractivity contribution in [3.05, 3.63) is 23.5 Å². The molecule has 0 atom stereocenters. The maximum atomic E-state index is 12.2. The van der Waals surface area contributed by atoms with Gasteiger partial charge >= 0.3 is 0 Å². The first kappa shape index (κ1) is 14.0. The molecule has 0 amide bonds. The van der Waals surface area contributed by atoms with Gasteiger partial charge in [0.1, 0.15) is 10.0 Å². The zero-order valence-electron chi connectivity index (χ0n) is 9.43. The number of hydrogen-bond acceptors (Lipinski definition) is 3. The van der Waals surface area contributed by atoms with Crippen LogP contribution < -0.4 is 0 Å². The van der Waals surface area contributed by atoms with E-state index < -0.39 is 10.0 Å². The number of sulfonamides is 1.